The minimum atomic E-state index is -0.266. The van der Waals surface area contributed by atoms with Crippen LogP contribution in [-0.2, 0) is 6.42 Å². The van der Waals surface area contributed by atoms with Gasteiger partial charge in [-0.15, -0.1) is 0 Å². The summed E-state index contributed by atoms with van der Waals surface area (Å²) in [4.78, 5) is 4.47. The zero-order chi connectivity index (χ0) is 18.8. The van der Waals surface area contributed by atoms with E-state index >= 15 is 0 Å². The summed E-state index contributed by atoms with van der Waals surface area (Å²) >= 11 is 2.43. The topological polar surface area (TPSA) is 15.6 Å². The summed E-state index contributed by atoms with van der Waals surface area (Å²) in [6.07, 6.45) is 2.98. The fourth-order valence-corrected chi connectivity index (χ4v) is 3.87. The Kier molecular flexibility index (Phi) is 5.09. The van der Waals surface area contributed by atoms with Crippen LogP contribution in [0.4, 0.5) is 8.78 Å². The van der Waals surface area contributed by atoms with Gasteiger partial charge in [0, 0.05) is 0 Å². The number of aliphatic imine (C=N–C) groups is 1. The molecule has 0 aromatic heterocycles. The summed E-state index contributed by atoms with van der Waals surface area (Å²) in [6, 6.07) is 21.1. The molecule has 5 heteroatoms. The first kappa shape index (κ1) is 17.9. The molecule has 5 rings (SSSR count). The van der Waals surface area contributed by atoms with Crippen molar-refractivity contribution >= 4 is 23.4 Å². The number of nitrogens with zero attached hydrogens (tertiary/aromatic N) is 2. The van der Waals surface area contributed by atoms with Crippen LogP contribution in [-0.4, -0.2) is 27.2 Å². The average Bonchev–Trinajstić information content (AvgIpc) is 3.38. The van der Waals surface area contributed by atoms with E-state index < -0.39 is 0 Å². The third kappa shape index (κ3) is 4.11. The molecule has 3 aromatic carbocycles. The van der Waals surface area contributed by atoms with Crippen molar-refractivity contribution in [2.24, 2.45) is 4.99 Å². The molecule has 0 bridgehead atoms. The van der Waals surface area contributed by atoms with E-state index in [1.165, 1.54) is 41.8 Å². The molecular formula is C22H17AsF2N2. The van der Waals surface area contributed by atoms with Gasteiger partial charge < -0.3 is 0 Å². The quantitative estimate of drug-likeness (QED) is 0.425. The fraction of sp³-hybridized carbons (Fsp3) is 0.136. The Morgan fingerprint density at radius 2 is 1.30 bits per heavy atom. The zero-order valence-corrected chi connectivity index (χ0v) is 16.3. The second kappa shape index (κ2) is 7.65. The van der Waals surface area contributed by atoms with Crippen molar-refractivity contribution in [3.63, 3.8) is 0 Å². The van der Waals surface area contributed by atoms with Gasteiger partial charge in [-0.3, -0.25) is 0 Å². The van der Waals surface area contributed by atoms with Crippen LogP contribution in [0.3, 0.4) is 0 Å². The van der Waals surface area contributed by atoms with Crippen molar-refractivity contribution in [1.82, 2.24) is 3.82 Å². The van der Waals surface area contributed by atoms with E-state index in [-0.39, 0.29) is 23.7 Å². The summed E-state index contributed by atoms with van der Waals surface area (Å²) in [5, 5.41) is 0. The van der Waals surface area contributed by atoms with Crippen molar-refractivity contribution in [2.75, 3.05) is 0 Å². The van der Waals surface area contributed by atoms with Crippen molar-refractivity contribution in [1.29, 1.82) is 0 Å². The van der Waals surface area contributed by atoms with E-state index in [9.17, 15) is 8.78 Å². The predicted molar refractivity (Wildman–Crippen MR) is 104 cm³/mol. The average molecular weight is 422 g/mol. The van der Waals surface area contributed by atoms with Crippen LogP contribution in [0.5, 0.6) is 0 Å². The maximum absolute atomic E-state index is 13.0. The molecule has 0 fully saturated rings. The largest absolute Gasteiger partial charge is 0.0620 e. The van der Waals surface area contributed by atoms with Gasteiger partial charge in [-0.25, -0.2) is 0 Å². The van der Waals surface area contributed by atoms with Gasteiger partial charge in [0.25, 0.3) is 0 Å². The molecule has 2 radical (unpaired) electrons. The third-order valence-corrected chi connectivity index (χ3v) is 5.47. The number of hydrogen-bond acceptors (Lipinski definition) is 2. The van der Waals surface area contributed by atoms with Crippen molar-refractivity contribution in [3.8, 4) is 0 Å². The minimum Gasteiger partial charge on any atom is -0.0620 e. The molecular weight excluding hydrogens is 405 g/mol. The molecule has 2 nitrogen and oxygen atoms in total. The number of halogens is 2. The summed E-state index contributed by atoms with van der Waals surface area (Å²) in [7, 11) is 0. The van der Waals surface area contributed by atoms with E-state index in [2.05, 4.69) is 46.3 Å². The van der Waals surface area contributed by atoms with Crippen LogP contribution >= 0.6 is 0 Å². The molecule has 2 atom stereocenters. The molecule has 0 saturated carbocycles. The smallest absolute Gasteiger partial charge is 0.00201 e. The molecule has 2 aliphatic rings. The van der Waals surface area contributed by atoms with Gasteiger partial charge in [-0.2, -0.15) is 0 Å². The third-order valence-electron chi connectivity index (χ3n) is 4.73. The van der Waals surface area contributed by atoms with Crippen molar-refractivity contribution in [3.05, 3.63) is 107 Å². The van der Waals surface area contributed by atoms with Gasteiger partial charge in [0.1, 0.15) is 0 Å². The Labute approximate surface area is 166 Å². The minimum absolute atomic E-state index is 0.0268. The maximum Gasteiger partial charge on any atom is -0.00201 e. The summed E-state index contributed by atoms with van der Waals surface area (Å²) in [6.45, 7) is 0. The van der Waals surface area contributed by atoms with Crippen LogP contribution in [0, 0.1) is 11.6 Å². The van der Waals surface area contributed by atoms with Crippen molar-refractivity contribution in [2.45, 2.75) is 18.5 Å². The standard InChI is InChI=1S/C15H11AsF2N2.C7H6/c16-20-9-19-14(10-1-5-12(17)6-2-10)15(20)11-3-7-13(18)8-4-11;1-2-4-7-5-6(7)3-1/h1-9,14-15H;1-4H,5H2. The first-order valence-electron chi connectivity index (χ1n) is 8.70. The van der Waals surface area contributed by atoms with Gasteiger partial charge >= 0.3 is 124 Å². The molecule has 27 heavy (non-hydrogen) atoms. The van der Waals surface area contributed by atoms with Gasteiger partial charge in [-0.05, 0) is 17.5 Å². The molecule has 134 valence electrons. The predicted octanol–water partition coefficient (Wildman–Crippen LogP) is 4.77. The van der Waals surface area contributed by atoms with Gasteiger partial charge in [0.15, 0.2) is 0 Å². The molecule has 1 aliphatic carbocycles. The Bertz CT molecular complexity index is 934. The summed E-state index contributed by atoms with van der Waals surface area (Å²) < 4.78 is 28.0. The van der Waals surface area contributed by atoms with Crippen molar-refractivity contribution < 1.29 is 8.78 Å². The molecule has 3 aromatic rings. The molecule has 0 amide bonds. The maximum atomic E-state index is 13.0. The second-order valence-electron chi connectivity index (χ2n) is 6.58. The van der Waals surface area contributed by atoms with Crippen LogP contribution < -0.4 is 0 Å². The van der Waals surface area contributed by atoms with E-state index in [0.29, 0.717) is 0 Å². The van der Waals surface area contributed by atoms with Crippen LogP contribution in [0.25, 0.3) is 0 Å². The number of benzene rings is 3. The molecule has 0 spiro atoms. The van der Waals surface area contributed by atoms with E-state index in [0.717, 1.165) is 11.1 Å². The van der Waals surface area contributed by atoms with Gasteiger partial charge in [0.05, 0.1) is 0 Å². The van der Waals surface area contributed by atoms with Crippen LogP contribution in [0.15, 0.2) is 77.8 Å². The fourth-order valence-electron chi connectivity index (χ4n) is 3.20. The van der Waals surface area contributed by atoms with E-state index in [1.807, 2.05) is 3.82 Å². The Hall–Kier alpha value is -2.45. The monoisotopic (exact) mass is 422 g/mol. The molecule has 0 N–H and O–H groups in total. The Morgan fingerprint density at radius 3 is 1.81 bits per heavy atom. The number of fused-ring (bicyclic) bond motifs is 1. The second-order valence-corrected chi connectivity index (χ2v) is 7.55. The number of hydrogen-bond donors (Lipinski definition) is 0. The molecule has 1 aliphatic heterocycles. The normalized spacial score (nSPS) is 19.3. The Morgan fingerprint density at radius 1 is 0.778 bits per heavy atom. The van der Waals surface area contributed by atoms with Crippen LogP contribution in [0.2, 0.25) is 0 Å². The Balaban J connectivity index is 0.000000213. The first-order chi connectivity index (χ1) is 13.1. The first-order valence-corrected chi connectivity index (χ1v) is 9.54. The molecule has 1 heterocycles. The summed E-state index contributed by atoms with van der Waals surface area (Å²) in [5.41, 5.74) is 4.97. The molecule has 2 unspecified atom stereocenters. The van der Waals surface area contributed by atoms with Crippen LogP contribution in [0.1, 0.15) is 34.3 Å². The number of rotatable bonds is 2. The van der Waals surface area contributed by atoms with Gasteiger partial charge in [0.2, 0.25) is 0 Å². The summed E-state index contributed by atoms with van der Waals surface area (Å²) in [5.74, 6) is -0.527. The molecule has 0 saturated heterocycles. The zero-order valence-electron chi connectivity index (χ0n) is 14.5. The SMILES string of the molecule is Fc1ccc(C2N=CN([As])C2c2ccc(F)cc2)cc1.c1ccc2c(c1)C2. The van der Waals surface area contributed by atoms with Gasteiger partial charge in [-0.1, -0.05) is 24.3 Å². The van der Waals surface area contributed by atoms with E-state index in [4.69, 9.17) is 0 Å². The van der Waals surface area contributed by atoms with E-state index in [1.54, 1.807) is 30.6 Å².